The summed E-state index contributed by atoms with van der Waals surface area (Å²) >= 11 is 0. The minimum Gasteiger partial charge on any atom is -0.466 e. The molecule has 0 radical (unpaired) electrons. The lowest BCUT2D eigenvalue weighted by molar-refractivity contribution is -0.142. The molecule has 1 fully saturated rings. The van der Waals surface area contributed by atoms with Gasteiger partial charge in [-0.1, -0.05) is 13.0 Å². The summed E-state index contributed by atoms with van der Waals surface area (Å²) in [6.45, 7) is 4.17. The van der Waals surface area contributed by atoms with Crippen molar-refractivity contribution in [2.45, 2.75) is 64.7 Å². The average Bonchev–Trinajstić information content (AvgIpc) is 2.95. The number of halogens is 2. The number of aliphatic imine (C=N–C) groups is 1. The molecule has 1 N–H and O–H groups in total. The molecular weight excluding hydrogens is 380 g/mol. The Hall–Kier alpha value is -2.28. The minimum absolute atomic E-state index is 0.0770. The third-order valence-corrected chi connectivity index (χ3v) is 5.46. The molecule has 0 saturated heterocycles. The molecule has 1 heterocycles. The maximum atomic E-state index is 13.6. The second kappa shape index (κ2) is 9.48. The molecule has 0 spiro atoms. The largest absolute Gasteiger partial charge is 0.466 e. The van der Waals surface area contributed by atoms with E-state index >= 15 is 0 Å². The molecule has 0 bridgehead atoms. The Morgan fingerprint density at radius 3 is 2.62 bits per heavy atom. The number of hydrogen-bond acceptors (Lipinski definition) is 5. The summed E-state index contributed by atoms with van der Waals surface area (Å²) < 4.78 is 37.5. The summed E-state index contributed by atoms with van der Waals surface area (Å²) in [5.74, 6) is -1.43. The Balaban J connectivity index is 1.89. The molecule has 1 aromatic rings. The van der Waals surface area contributed by atoms with Crippen LogP contribution in [0, 0.1) is 17.6 Å². The number of nitrogens with zero attached hydrogens (tertiary/aromatic N) is 1. The molecule has 1 aromatic carbocycles. The van der Waals surface area contributed by atoms with Crippen LogP contribution in [0.3, 0.4) is 0 Å². The average molecular weight is 407 g/mol. The molecule has 2 aliphatic rings. The number of hydrogen-bond donors (Lipinski definition) is 1. The van der Waals surface area contributed by atoms with E-state index in [9.17, 15) is 18.7 Å². The first-order valence-corrected chi connectivity index (χ1v) is 10.1. The molecule has 29 heavy (non-hydrogen) atoms. The van der Waals surface area contributed by atoms with Crippen molar-refractivity contribution < 1.29 is 28.2 Å². The van der Waals surface area contributed by atoms with Crippen LogP contribution in [0.2, 0.25) is 0 Å². The van der Waals surface area contributed by atoms with E-state index in [-0.39, 0.29) is 31.4 Å². The van der Waals surface area contributed by atoms with Gasteiger partial charge in [-0.3, -0.25) is 4.79 Å². The van der Waals surface area contributed by atoms with Crippen molar-refractivity contribution in [3.8, 4) is 0 Å². The van der Waals surface area contributed by atoms with E-state index in [1.165, 1.54) is 6.07 Å². The number of carbonyl (C=O) groups excluding carboxylic acids is 1. The molecule has 1 saturated carbocycles. The fourth-order valence-corrected chi connectivity index (χ4v) is 3.79. The Bertz CT molecular complexity index is 813. The van der Waals surface area contributed by atoms with Crippen LogP contribution in [0.25, 0.3) is 0 Å². The van der Waals surface area contributed by atoms with Gasteiger partial charge in [0.2, 0.25) is 12.2 Å². The zero-order valence-corrected chi connectivity index (χ0v) is 16.8. The highest BCUT2D eigenvalue weighted by Crippen LogP contribution is 2.32. The van der Waals surface area contributed by atoms with Gasteiger partial charge >= 0.3 is 5.97 Å². The predicted octanol–water partition coefficient (Wildman–Crippen LogP) is 4.08. The first kappa shape index (κ1) is 21.4. The van der Waals surface area contributed by atoms with Crippen molar-refractivity contribution in [1.82, 2.24) is 0 Å². The normalized spacial score (nSPS) is 26.0. The van der Waals surface area contributed by atoms with E-state index in [0.29, 0.717) is 22.6 Å². The van der Waals surface area contributed by atoms with E-state index in [2.05, 4.69) is 11.9 Å². The lowest BCUT2D eigenvalue weighted by atomic mass is 9.87. The minimum atomic E-state index is -1.28. The van der Waals surface area contributed by atoms with Gasteiger partial charge in [-0.2, -0.15) is 0 Å². The number of benzene rings is 1. The molecular formula is C22H27F2NO4. The van der Waals surface area contributed by atoms with E-state index in [4.69, 9.17) is 9.47 Å². The standard InChI is InChI=1S/C22H27F2NO4/c1-3-28-20(26)12-16-17(10-14-6-9-18(23)19(24)11-14)22(27)29-21(16)25-15-7-4-13(2)5-8-15/h6,9,11,13,15,22,27H,3-5,7-8,10,12H2,1-2H3. The fraction of sp³-hybridized carbons (Fsp3) is 0.545. The topological polar surface area (TPSA) is 68.1 Å². The van der Waals surface area contributed by atoms with E-state index < -0.39 is 23.9 Å². The highest BCUT2D eigenvalue weighted by molar-refractivity contribution is 6.00. The Morgan fingerprint density at radius 1 is 1.24 bits per heavy atom. The van der Waals surface area contributed by atoms with Gasteiger partial charge in [-0.15, -0.1) is 0 Å². The van der Waals surface area contributed by atoms with Gasteiger partial charge in [0.15, 0.2) is 11.6 Å². The van der Waals surface area contributed by atoms with Crippen LogP contribution in [0.4, 0.5) is 8.78 Å². The third kappa shape index (κ3) is 5.41. The number of aliphatic hydroxyl groups excluding tert-OH is 1. The Morgan fingerprint density at radius 2 is 1.97 bits per heavy atom. The van der Waals surface area contributed by atoms with Crippen LogP contribution in [0.5, 0.6) is 0 Å². The molecule has 1 unspecified atom stereocenters. The molecule has 1 aliphatic carbocycles. The summed E-state index contributed by atoms with van der Waals surface area (Å²) in [7, 11) is 0. The highest BCUT2D eigenvalue weighted by Gasteiger charge is 2.33. The lowest BCUT2D eigenvalue weighted by Crippen LogP contribution is -2.19. The van der Waals surface area contributed by atoms with Gasteiger partial charge in [0.1, 0.15) is 0 Å². The van der Waals surface area contributed by atoms with Gasteiger partial charge in [0.05, 0.1) is 19.1 Å². The predicted molar refractivity (Wildman–Crippen MR) is 104 cm³/mol. The molecule has 1 atom stereocenters. The van der Waals surface area contributed by atoms with Gasteiger partial charge in [0, 0.05) is 17.6 Å². The van der Waals surface area contributed by atoms with Crippen molar-refractivity contribution in [2.24, 2.45) is 10.9 Å². The summed E-state index contributed by atoms with van der Waals surface area (Å²) in [6, 6.07) is 3.64. The van der Waals surface area contributed by atoms with Gasteiger partial charge in [0.25, 0.3) is 0 Å². The lowest BCUT2D eigenvalue weighted by Gasteiger charge is -2.23. The van der Waals surface area contributed by atoms with Crippen molar-refractivity contribution in [1.29, 1.82) is 0 Å². The molecule has 158 valence electrons. The van der Waals surface area contributed by atoms with Crippen molar-refractivity contribution >= 4 is 11.9 Å². The van der Waals surface area contributed by atoms with Crippen LogP contribution in [-0.2, 0) is 20.7 Å². The van der Waals surface area contributed by atoms with Crippen molar-refractivity contribution in [2.75, 3.05) is 6.61 Å². The van der Waals surface area contributed by atoms with Crippen molar-refractivity contribution in [3.63, 3.8) is 0 Å². The quantitative estimate of drug-likeness (QED) is 0.722. The molecule has 0 amide bonds. The summed E-state index contributed by atoms with van der Waals surface area (Å²) in [6.07, 6.45) is 2.74. The maximum absolute atomic E-state index is 13.6. The number of aliphatic hydroxyl groups is 1. The van der Waals surface area contributed by atoms with Crippen LogP contribution in [0.1, 0.15) is 51.5 Å². The van der Waals surface area contributed by atoms with Crippen LogP contribution in [0.15, 0.2) is 34.3 Å². The smallest absolute Gasteiger partial charge is 0.310 e. The maximum Gasteiger partial charge on any atom is 0.310 e. The number of carbonyl (C=O) groups is 1. The first-order chi connectivity index (χ1) is 13.9. The first-order valence-electron chi connectivity index (χ1n) is 10.1. The molecule has 0 aromatic heterocycles. The fourth-order valence-electron chi connectivity index (χ4n) is 3.79. The van der Waals surface area contributed by atoms with E-state index in [0.717, 1.165) is 37.8 Å². The van der Waals surface area contributed by atoms with Gasteiger partial charge in [-0.05, 0) is 56.2 Å². The summed E-state index contributed by atoms with van der Waals surface area (Å²) in [5, 5.41) is 10.4. The zero-order valence-electron chi connectivity index (χ0n) is 16.8. The van der Waals surface area contributed by atoms with Gasteiger partial charge < -0.3 is 14.6 Å². The van der Waals surface area contributed by atoms with E-state index in [1.54, 1.807) is 6.92 Å². The molecule has 3 rings (SSSR count). The highest BCUT2D eigenvalue weighted by atomic mass is 19.2. The van der Waals surface area contributed by atoms with E-state index in [1.807, 2.05) is 0 Å². The summed E-state index contributed by atoms with van der Waals surface area (Å²) in [4.78, 5) is 16.8. The third-order valence-electron chi connectivity index (χ3n) is 5.46. The van der Waals surface area contributed by atoms with Crippen molar-refractivity contribution in [3.05, 3.63) is 46.5 Å². The Kier molecular flexibility index (Phi) is 7.00. The van der Waals surface area contributed by atoms with Crippen LogP contribution < -0.4 is 0 Å². The summed E-state index contributed by atoms with van der Waals surface area (Å²) in [5.41, 5.74) is 1.36. The molecule has 5 nitrogen and oxygen atoms in total. The van der Waals surface area contributed by atoms with Crippen LogP contribution >= 0.6 is 0 Å². The second-order valence-electron chi connectivity index (χ2n) is 7.73. The number of rotatable bonds is 6. The number of ether oxygens (including phenoxy) is 2. The monoisotopic (exact) mass is 407 g/mol. The zero-order chi connectivity index (χ0) is 21.0. The van der Waals surface area contributed by atoms with Crippen LogP contribution in [-0.4, -0.2) is 35.9 Å². The molecule has 7 heteroatoms. The second-order valence-corrected chi connectivity index (χ2v) is 7.73. The number of esters is 1. The Labute approximate surface area is 169 Å². The molecule has 1 aliphatic heterocycles. The SMILES string of the molecule is CCOC(=O)CC1=C(Cc2ccc(F)c(F)c2)C(O)OC1=NC1CCC(C)CC1. The van der Waals surface area contributed by atoms with Gasteiger partial charge in [-0.25, -0.2) is 13.8 Å².